The number of anilines is 2. The van der Waals surface area contributed by atoms with Crippen molar-refractivity contribution in [2.45, 2.75) is 12.0 Å². The Bertz CT molecular complexity index is 1360. The monoisotopic (exact) mass is 460 g/mol. The van der Waals surface area contributed by atoms with Gasteiger partial charge in [-0.1, -0.05) is 11.2 Å². The summed E-state index contributed by atoms with van der Waals surface area (Å²) in [5, 5.41) is 17.8. The first kappa shape index (κ1) is 21.4. The maximum atomic E-state index is 12.3. The third-order valence-corrected chi connectivity index (χ3v) is 5.41. The van der Waals surface area contributed by atoms with E-state index in [9.17, 15) is 9.90 Å². The van der Waals surface area contributed by atoms with Crippen molar-refractivity contribution in [3.8, 4) is 28.8 Å². The maximum Gasteiger partial charge on any atom is 0.318 e. The summed E-state index contributed by atoms with van der Waals surface area (Å²) in [6, 6.07) is 10.5. The molecule has 1 atom stereocenters. The summed E-state index contributed by atoms with van der Waals surface area (Å²) in [6.45, 7) is 0.435. The Balaban J connectivity index is 1.40. The van der Waals surface area contributed by atoms with Crippen LogP contribution in [0.15, 0.2) is 53.3 Å². The number of rotatable bonds is 6. The van der Waals surface area contributed by atoms with Gasteiger partial charge < -0.3 is 24.6 Å². The van der Waals surface area contributed by atoms with E-state index < -0.39 is 11.5 Å². The van der Waals surface area contributed by atoms with Gasteiger partial charge in [0.25, 0.3) is 5.91 Å². The SMILES string of the molecule is COc1nccc(Nc2nccc(-c3cccc(-c4cc([C@]5(O)CCN(C)C5=O)on4)n3)n2)n1. The lowest BCUT2D eigenvalue weighted by atomic mass is 9.98. The summed E-state index contributed by atoms with van der Waals surface area (Å²) in [6.07, 6.45) is 3.39. The predicted molar refractivity (Wildman–Crippen MR) is 119 cm³/mol. The van der Waals surface area contributed by atoms with E-state index in [-0.39, 0.29) is 18.2 Å². The molecular formula is C22H20N8O4. The number of nitrogens with zero attached hydrogens (tertiary/aromatic N) is 7. The number of pyridine rings is 1. The molecule has 4 aromatic rings. The van der Waals surface area contributed by atoms with E-state index in [1.807, 2.05) is 0 Å². The molecule has 34 heavy (non-hydrogen) atoms. The van der Waals surface area contributed by atoms with Crippen molar-refractivity contribution >= 4 is 17.7 Å². The Labute approximate surface area is 193 Å². The molecule has 0 spiro atoms. The quantitative estimate of drug-likeness (QED) is 0.433. The van der Waals surface area contributed by atoms with Gasteiger partial charge in [0.1, 0.15) is 11.5 Å². The van der Waals surface area contributed by atoms with Crippen LogP contribution in [0.25, 0.3) is 22.8 Å². The normalized spacial score (nSPS) is 17.7. The van der Waals surface area contributed by atoms with Gasteiger partial charge >= 0.3 is 6.01 Å². The van der Waals surface area contributed by atoms with Crippen molar-refractivity contribution in [1.82, 2.24) is 35.0 Å². The summed E-state index contributed by atoms with van der Waals surface area (Å²) in [5.74, 6) is 0.475. The van der Waals surface area contributed by atoms with Crippen molar-refractivity contribution in [1.29, 1.82) is 0 Å². The molecule has 1 fully saturated rings. The maximum absolute atomic E-state index is 12.3. The Hall–Kier alpha value is -4.45. The Kier molecular flexibility index (Phi) is 5.34. The lowest BCUT2D eigenvalue weighted by Gasteiger charge is -2.16. The zero-order chi connectivity index (χ0) is 23.7. The highest BCUT2D eigenvalue weighted by atomic mass is 16.5. The van der Waals surface area contributed by atoms with Gasteiger partial charge in [-0.3, -0.25) is 4.79 Å². The Morgan fingerprint density at radius 2 is 1.82 bits per heavy atom. The number of aliphatic hydroxyl groups is 1. The predicted octanol–water partition coefficient (Wildman–Crippen LogP) is 1.79. The van der Waals surface area contributed by atoms with Gasteiger partial charge in [0.05, 0.1) is 24.2 Å². The number of ether oxygens (including phenoxy) is 1. The van der Waals surface area contributed by atoms with Crippen LogP contribution < -0.4 is 10.1 Å². The van der Waals surface area contributed by atoms with Crippen LogP contribution in [0.5, 0.6) is 6.01 Å². The number of amides is 1. The van der Waals surface area contributed by atoms with E-state index in [0.717, 1.165) is 0 Å². The van der Waals surface area contributed by atoms with Crippen molar-refractivity contribution in [3.05, 3.63) is 54.6 Å². The summed E-state index contributed by atoms with van der Waals surface area (Å²) >= 11 is 0. The fourth-order valence-corrected chi connectivity index (χ4v) is 3.58. The van der Waals surface area contributed by atoms with Crippen LogP contribution in [0.3, 0.4) is 0 Å². The van der Waals surface area contributed by atoms with Gasteiger partial charge in [-0.2, -0.15) is 4.98 Å². The Morgan fingerprint density at radius 3 is 2.59 bits per heavy atom. The number of hydrogen-bond donors (Lipinski definition) is 2. The number of likely N-dealkylation sites (tertiary alicyclic amines) is 1. The summed E-state index contributed by atoms with van der Waals surface area (Å²) in [5.41, 5.74) is 0.323. The first-order valence-corrected chi connectivity index (χ1v) is 10.4. The lowest BCUT2D eigenvalue weighted by Crippen LogP contribution is -2.35. The molecule has 0 unspecified atom stereocenters. The topological polar surface area (TPSA) is 152 Å². The molecule has 5 rings (SSSR count). The van der Waals surface area contributed by atoms with Crippen LogP contribution in [-0.2, 0) is 10.4 Å². The van der Waals surface area contributed by atoms with E-state index in [2.05, 4.69) is 35.4 Å². The van der Waals surface area contributed by atoms with E-state index in [1.54, 1.807) is 55.8 Å². The zero-order valence-electron chi connectivity index (χ0n) is 18.3. The number of carbonyl (C=O) groups is 1. The number of aromatic nitrogens is 6. The molecule has 5 heterocycles. The molecular weight excluding hydrogens is 440 g/mol. The van der Waals surface area contributed by atoms with E-state index in [1.165, 1.54) is 12.0 Å². The van der Waals surface area contributed by atoms with Crippen molar-refractivity contribution < 1.29 is 19.2 Å². The van der Waals surface area contributed by atoms with Gasteiger partial charge in [-0.05, 0) is 24.3 Å². The number of methoxy groups -OCH3 is 1. The second-order valence-corrected chi connectivity index (χ2v) is 7.64. The third kappa shape index (κ3) is 3.90. The van der Waals surface area contributed by atoms with Crippen LogP contribution in [0.4, 0.5) is 11.8 Å². The van der Waals surface area contributed by atoms with Gasteiger partial charge in [0.2, 0.25) is 11.5 Å². The molecule has 1 amide bonds. The molecule has 2 N–H and O–H groups in total. The van der Waals surface area contributed by atoms with Crippen LogP contribution in [0.1, 0.15) is 12.2 Å². The number of nitrogens with one attached hydrogen (secondary N) is 1. The number of hydrogen-bond acceptors (Lipinski definition) is 11. The third-order valence-electron chi connectivity index (χ3n) is 5.41. The van der Waals surface area contributed by atoms with E-state index in [0.29, 0.717) is 41.1 Å². The first-order chi connectivity index (χ1) is 16.5. The van der Waals surface area contributed by atoms with Crippen LogP contribution >= 0.6 is 0 Å². The van der Waals surface area contributed by atoms with Gasteiger partial charge in [-0.15, -0.1) is 0 Å². The highest BCUT2D eigenvalue weighted by Crippen LogP contribution is 2.34. The standard InChI is InChI=1S/C22H20N8O4/c1-30-11-8-22(32,19(30)31)17-12-16(29-34-17)14-5-3-4-13(25-14)15-6-9-23-20(26-15)27-18-7-10-24-21(28-18)33-2/h3-7,9-10,12,32H,8,11H2,1-2H3,(H,23,24,26,27,28)/t22-/m1/s1. The van der Waals surface area contributed by atoms with E-state index in [4.69, 9.17) is 9.26 Å². The number of likely N-dealkylation sites (N-methyl/N-ethyl adjacent to an activating group) is 1. The fraction of sp³-hybridized carbons (Fsp3) is 0.227. The average Bonchev–Trinajstić information content (AvgIpc) is 3.47. The van der Waals surface area contributed by atoms with Crippen molar-refractivity contribution in [2.75, 3.05) is 26.0 Å². The zero-order valence-corrected chi connectivity index (χ0v) is 18.3. The minimum atomic E-state index is -1.71. The minimum Gasteiger partial charge on any atom is -0.467 e. The largest absolute Gasteiger partial charge is 0.467 e. The molecule has 0 saturated carbocycles. The molecule has 12 nitrogen and oxygen atoms in total. The summed E-state index contributed by atoms with van der Waals surface area (Å²) < 4.78 is 10.4. The molecule has 1 aliphatic heterocycles. The molecule has 172 valence electrons. The molecule has 4 aromatic heterocycles. The van der Waals surface area contributed by atoms with Crippen molar-refractivity contribution in [2.24, 2.45) is 0 Å². The van der Waals surface area contributed by atoms with Gasteiger partial charge in [0.15, 0.2) is 5.76 Å². The smallest absolute Gasteiger partial charge is 0.318 e. The van der Waals surface area contributed by atoms with Crippen molar-refractivity contribution in [3.63, 3.8) is 0 Å². The second kappa shape index (κ2) is 8.48. The molecule has 0 aliphatic carbocycles. The molecule has 0 bridgehead atoms. The summed E-state index contributed by atoms with van der Waals surface area (Å²) in [4.78, 5) is 35.3. The van der Waals surface area contributed by atoms with Gasteiger partial charge in [-0.25, -0.2) is 19.9 Å². The minimum absolute atomic E-state index is 0.0952. The summed E-state index contributed by atoms with van der Waals surface area (Å²) in [7, 11) is 3.12. The highest BCUT2D eigenvalue weighted by Gasteiger charge is 2.48. The van der Waals surface area contributed by atoms with Crippen LogP contribution in [0, 0.1) is 0 Å². The van der Waals surface area contributed by atoms with E-state index >= 15 is 0 Å². The van der Waals surface area contributed by atoms with Gasteiger partial charge in [0, 0.05) is 38.5 Å². The number of carbonyl (C=O) groups excluding carboxylic acids is 1. The second-order valence-electron chi connectivity index (χ2n) is 7.64. The lowest BCUT2D eigenvalue weighted by molar-refractivity contribution is -0.144. The molecule has 1 saturated heterocycles. The van der Waals surface area contributed by atoms with Crippen LogP contribution in [0.2, 0.25) is 0 Å². The molecule has 0 radical (unpaired) electrons. The molecule has 0 aromatic carbocycles. The fourth-order valence-electron chi connectivity index (χ4n) is 3.58. The first-order valence-electron chi connectivity index (χ1n) is 10.4. The average molecular weight is 460 g/mol. The Morgan fingerprint density at radius 1 is 1.06 bits per heavy atom. The van der Waals surface area contributed by atoms with Crippen LogP contribution in [-0.4, -0.2) is 66.7 Å². The highest BCUT2D eigenvalue weighted by molar-refractivity contribution is 5.87. The molecule has 12 heteroatoms. The molecule has 1 aliphatic rings.